The first-order chi connectivity index (χ1) is 12.6. The Morgan fingerprint density at radius 3 is 2.46 bits per heavy atom. The molecule has 2 aromatic carbocycles. The lowest BCUT2D eigenvalue weighted by molar-refractivity contribution is 0.100. The molecule has 4 aromatic rings. The van der Waals surface area contributed by atoms with Crippen molar-refractivity contribution in [2.45, 2.75) is 13.8 Å². The fourth-order valence-electron chi connectivity index (χ4n) is 3.41. The van der Waals surface area contributed by atoms with Gasteiger partial charge in [-0.1, -0.05) is 24.3 Å². The van der Waals surface area contributed by atoms with Crippen LogP contribution in [0.3, 0.4) is 0 Å². The molecule has 2 heterocycles. The molecule has 5 heteroatoms. The highest BCUT2D eigenvalue weighted by molar-refractivity contribution is 6.07. The average molecular weight is 342 g/mol. The number of carbonyl (C=O) groups excluding carboxylic acids is 1. The zero-order valence-electron chi connectivity index (χ0n) is 14.6. The summed E-state index contributed by atoms with van der Waals surface area (Å²) < 4.78 is 2.10. The number of aryl methyl sites for hydroxylation is 1. The van der Waals surface area contributed by atoms with Crippen molar-refractivity contribution in [3.05, 3.63) is 78.0 Å². The summed E-state index contributed by atoms with van der Waals surface area (Å²) >= 11 is 0. The van der Waals surface area contributed by atoms with E-state index >= 15 is 0 Å². The minimum absolute atomic E-state index is 0.429. The molecule has 0 fully saturated rings. The monoisotopic (exact) mass is 342 g/mol. The van der Waals surface area contributed by atoms with Crippen LogP contribution in [-0.4, -0.2) is 20.4 Å². The highest BCUT2D eigenvalue weighted by Crippen LogP contribution is 2.32. The van der Waals surface area contributed by atoms with Crippen molar-refractivity contribution < 1.29 is 4.79 Å². The third-order valence-electron chi connectivity index (χ3n) is 4.81. The number of primary amides is 1. The molecule has 128 valence electrons. The Labute approximate surface area is 151 Å². The third-order valence-corrected chi connectivity index (χ3v) is 4.81. The van der Waals surface area contributed by atoms with E-state index in [0.717, 1.165) is 39.0 Å². The zero-order valence-corrected chi connectivity index (χ0v) is 14.6. The Bertz CT molecular complexity index is 1130. The summed E-state index contributed by atoms with van der Waals surface area (Å²) in [6, 6.07) is 13.8. The number of rotatable bonds is 3. The van der Waals surface area contributed by atoms with E-state index in [1.807, 2.05) is 30.3 Å². The molecular weight excluding hydrogens is 324 g/mol. The number of aromatic nitrogens is 3. The molecule has 0 spiro atoms. The maximum Gasteiger partial charge on any atom is 0.250 e. The minimum Gasteiger partial charge on any atom is -0.366 e. The van der Waals surface area contributed by atoms with Crippen LogP contribution < -0.4 is 5.73 Å². The Kier molecular flexibility index (Phi) is 3.77. The van der Waals surface area contributed by atoms with Gasteiger partial charge >= 0.3 is 0 Å². The summed E-state index contributed by atoms with van der Waals surface area (Å²) in [5.74, 6) is -0.429. The highest BCUT2D eigenvalue weighted by atomic mass is 16.1. The second-order valence-corrected chi connectivity index (χ2v) is 6.29. The number of nitrogens with zero attached hydrogens (tertiary/aromatic N) is 3. The van der Waals surface area contributed by atoms with E-state index in [1.165, 1.54) is 6.33 Å². The van der Waals surface area contributed by atoms with Crippen LogP contribution in [-0.2, 0) is 0 Å². The molecule has 0 atom stereocenters. The first-order valence-electron chi connectivity index (χ1n) is 8.34. The maximum absolute atomic E-state index is 12.0. The average Bonchev–Trinajstić information content (AvgIpc) is 2.93. The van der Waals surface area contributed by atoms with Crippen molar-refractivity contribution >= 4 is 16.8 Å². The number of hydrogen-bond acceptors (Lipinski definition) is 3. The summed E-state index contributed by atoms with van der Waals surface area (Å²) in [7, 11) is 0. The lowest BCUT2D eigenvalue weighted by Gasteiger charge is -2.12. The standard InChI is InChI=1S/C21H18N4O/c1-13-14(2)25(20-18(13)7-4-8-19(20)21(22)26)17-6-3-5-15(9-17)16-10-23-12-24-11-16/h3-12H,1-2H3,(H2,22,26). The highest BCUT2D eigenvalue weighted by Gasteiger charge is 2.18. The van der Waals surface area contributed by atoms with E-state index in [-0.39, 0.29) is 0 Å². The number of carbonyl (C=O) groups is 1. The van der Waals surface area contributed by atoms with Crippen LogP contribution in [0.15, 0.2) is 61.2 Å². The Morgan fingerprint density at radius 1 is 1.00 bits per heavy atom. The summed E-state index contributed by atoms with van der Waals surface area (Å²) in [6.45, 7) is 4.12. The molecule has 2 aromatic heterocycles. The number of amides is 1. The van der Waals surface area contributed by atoms with Crippen LogP contribution in [0.25, 0.3) is 27.7 Å². The van der Waals surface area contributed by atoms with Crippen molar-refractivity contribution in [2.75, 3.05) is 0 Å². The molecule has 26 heavy (non-hydrogen) atoms. The second-order valence-electron chi connectivity index (χ2n) is 6.29. The van der Waals surface area contributed by atoms with E-state index in [1.54, 1.807) is 18.5 Å². The molecule has 5 nitrogen and oxygen atoms in total. The van der Waals surface area contributed by atoms with E-state index in [0.29, 0.717) is 5.56 Å². The van der Waals surface area contributed by atoms with Gasteiger partial charge in [0.05, 0.1) is 11.1 Å². The predicted octanol–water partition coefficient (Wildman–Crippen LogP) is 3.80. The first-order valence-corrected chi connectivity index (χ1v) is 8.34. The quantitative estimate of drug-likeness (QED) is 0.615. The van der Waals surface area contributed by atoms with E-state index in [2.05, 4.69) is 34.4 Å². The Hall–Kier alpha value is -3.47. The van der Waals surface area contributed by atoms with Gasteiger partial charge < -0.3 is 10.3 Å². The van der Waals surface area contributed by atoms with E-state index < -0.39 is 5.91 Å². The van der Waals surface area contributed by atoms with Gasteiger partial charge in [0, 0.05) is 34.7 Å². The summed E-state index contributed by atoms with van der Waals surface area (Å²) in [5.41, 5.74) is 12.1. The molecular formula is C21H18N4O. The van der Waals surface area contributed by atoms with Gasteiger partial charge in [0.15, 0.2) is 0 Å². The molecule has 0 unspecified atom stereocenters. The van der Waals surface area contributed by atoms with Crippen LogP contribution >= 0.6 is 0 Å². The molecule has 0 radical (unpaired) electrons. The smallest absolute Gasteiger partial charge is 0.250 e. The summed E-state index contributed by atoms with van der Waals surface area (Å²) in [6.07, 6.45) is 5.08. The second kappa shape index (κ2) is 6.11. The number of nitrogens with two attached hydrogens (primary N) is 1. The van der Waals surface area contributed by atoms with Gasteiger partial charge in [0.25, 0.3) is 5.91 Å². The van der Waals surface area contributed by atoms with Crippen molar-refractivity contribution in [3.8, 4) is 16.8 Å². The van der Waals surface area contributed by atoms with Crippen LogP contribution in [0.4, 0.5) is 0 Å². The molecule has 4 rings (SSSR count). The minimum atomic E-state index is -0.429. The Morgan fingerprint density at radius 2 is 1.73 bits per heavy atom. The molecule has 0 aliphatic rings. The normalized spacial score (nSPS) is 11.0. The summed E-state index contributed by atoms with van der Waals surface area (Å²) in [4.78, 5) is 20.2. The molecule has 2 N–H and O–H groups in total. The molecule has 0 bridgehead atoms. The van der Waals surface area contributed by atoms with Crippen LogP contribution in [0.5, 0.6) is 0 Å². The van der Waals surface area contributed by atoms with Crippen LogP contribution in [0, 0.1) is 13.8 Å². The van der Waals surface area contributed by atoms with Gasteiger partial charge in [-0.2, -0.15) is 0 Å². The molecule has 1 amide bonds. The largest absolute Gasteiger partial charge is 0.366 e. The van der Waals surface area contributed by atoms with E-state index in [9.17, 15) is 4.79 Å². The van der Waals surface area contributed by atoms with Gasteiger partial charge in [0.2, 0.25) is 0 Å². The van der Waals surface area contributed by atoms with Gasteiger partial charge in [-0.15, -0.1) is 0 Å². The number of benzene rings is 2. The van der Waals surface area contributed by atoms with Crippen molar-refractivity contribution in [2.24, 2.45) is 5.73 Å². The van der Waals surface area contributed by atoms with Crippen molar-refractivity contribution in [3.63, 3.8) is 0 Å². The first kappa shape index (κ1) is 16.0. The third kappa shape index (κ3) is 2.45. The van der Waals surface area contributed by atoms with Gasteiger partial charge in [-0.25, -0.2) is 9.97 Å². The lowest BCUT2D eigenvalue weighted by Crippen LogP contribution is -2.13. The zero-order chi connectivity index (χ0) is 18.3. The van der Waals surface area contributed by atoms with Gasteiger partial charge in [-0.05, 0) is 43.2 Å². The lowest BCUT2D eigenvalue weighted by atomic mass is 10.1. The SMILES string of the molecule is Cc1c(C)n(-c2cccc(-c3cncnc3)c2)c2c(C(N)=O)cccc12. The summed E-state index contributed by atoms with van der Waals surface area (Å²) in [5, 5.41) is 1.03. The number of hydrogen-bond donors (Lipinski definition) is 1. The number of fused-ring (bicyclic) bond motifs is 1. The van der Waals surface area contributed by atoms with Crippen LogP contribution in [0.1, 0.15) is 21.6 Å². The topological polar surface area (TPSA) is 73.8 Å². The van der Waals surface area contributed by atoms with Gasteiger partial charge in [-0.3, -0.25) is 4.79 Å². The van der Waals surface area contributed by atoms with Gasteiger partial charge in [0.1, 0.15) is 6.33 Å². The van der Waals surface area contributed by atoms with Crippen molar-refractivity contribution in [1.82, 2.24) is 14.5 Å². The maximum atomic E-state index is 12.0. The fourth-order valence-corrected chi connectivity index (χ4v) is 3.41. The molecule has 0 aliphatic carbocycles. The van der Waals surface area contributed by atoms with E-state index in [4.69, 9.17) is 5.73 Å². The molecule has 0 saturated heterocycles. The molecule has 0 aliphatic heterocycles. The molecule has 0 saturated carbocycles. The fraction of sp³-hybridized carbons (Fsp3) is 0.0952. The van der Waals surface area contributed by atoms with Crippen molar-refractivity contribution in [1.29, 1.82) is 0 Å². The number of para-hydroxylation sites is 1. The van der Waals surface area contributed by atoms with Crippen LogP contribution in [0.2, 0.25) is 0 Å². The Balaban J connectivity index is 2.01. The predicted molar refractivity (Wildman–Crippen MR) is 102 cm³/mol.